The Morgan fingerprint density at radius 2 is 2.14 bits per heavy atom. The number of aldehydes is 1. The fraction of sp³-hybridized carbons (Fsp3) is 0.250. The first-order valence-electron chi connectivity index (χ1n) is 4.56. The first-order chi connectivity index (χ1) is 6.77. The van der Waals surface area contributed by atoms with Crippen molar-refractivity contribution < 1.29 is 4.79 Å². The molecule has 0 unspecified atom stereocenters. The van der Waals surface area contributed by atoms with E-state index >= 15 is 0 Å². The van der Waals surface area contributed by atoms with Crippen LogP contribution in [-0.2, 0) is 0 Å². The SMILES string of the molecule is Cc1ccc(C=O)c(C=CCCCl)c1. The molecule has 0 atom stereocenters. The van der Waals surface area contributed by atoms with Crippen molar-refractivity contribution in [2.45, 2.75) is 13.3 Å². The molecule has 1 aromatic carbocycles. The Hall–Kier alpha value is -1.08. The molecule has 1 rings (SSSR count). The summed E-state index contributed by atoms with van der Waals surface area (Å²) in [7, 11) is 0. The maximum absolute atomic E-state index is 10.7. The highest BCUT2D eigenvalue weighted by Gasteiger charge is 1.97. The van der Waals surface area contributed by atoms with Crippen molar-refractivity contribution in [2.75, 3.05) is 5.88 Å². The van der Waals surface area contributed by atoms with Crippen LogP contribution in [0.15, 0.2) is 24.3 Å². The Morgan fingerprint density at radius 3 is 2.79 bits per heavy atom. The molecule has 1 aromatic rings. The second kappa shape index (κ2) is 5.61. The predicted octanol–water partition coefficient (Wildman–Crippen LogP) is 3.45. The molecule has 0 aliphatic rings. The number of benzene rings is 1. The lowest BCUT2D eigenvalue weighted by Crippen LogP contribution is -1.86. The van der Waals surface area contributed by atoms with Gasteiger partial charge in [-0.3, -0.25) is 4.79 Å². The second-order valence-electron chi connectivity index (χ2n) is 3.13. The summed E-state index contributed by atoms with van der Waals surface area (Å²) >= 11 is 5.55. The molecule has 0 aromatic heterocycles. The molecule has 74 valence electrons. The highest BCUT2D eigenvalue weighted by Crippen LogP contribution is 2.12. The van der Waals surface area contributed by atoms with Crippen LogP contribution in [0.5, 0.6) is 0 Å². The van der Waals surface area contributed by atoms with E-state index in [1.807, 2.05) is 37.3 Å². The normalized spacial score (nSPS) is 10.7. The van der Waals surface area contributed by atoms with Gasteiger partial charge in [-0.25, -0.2) is 0 Å². The first kappa shape index (κ1) is 11.0. The van der Waals surface area contributed by atoms with Crippen LogP contribution in [0.3, 0.4) is 0 Å². The number of rotatable bonds is 4. The average molecular weight is 209 g/mol. The van der Waals surface area contributed by atoms with Crippen molar-refractivity contribution in [1.29, 1.82) is 0 Å². The van der Waals surface area contributed by atoms with Gasteiger partial charge in [-0.2, -0.15) is 0 Å². The molecular weight excluding hydrogens is 196 g/mol. The number of carbonyl (C=O) groups excluding carboxylic acids is 1. The van der Waals surface area contributed by atoms with Crippen molar-refractivity contribution in [1.82, 2.24) is 0 Å². The Kier molecular flexibility index (Phi) is 4.41. The van der Waals surface area contributed by atoms with Crippen LogP contribution in [-0.4, -0.2) is 12.2 Å². The van der Waals surface area contributed by atoms with Gasteiger partial charge in [0.1, 0.15) is 0 Å². The molecule has 0 aliphatic carbocycles. The summed E-state index contributed by atoms with van der Waals surface area (Å²) in [5.74, 6) is 0.610. The predicted molar refractivity (Wildman–Crippen MR) is 60.9 cm³/mol. The molecule has 0 radical (unpaired) electrons. The van der Waals surface area contributed by atoms with Crippen molar-refractivity contribution >= 4 is 24.0 Å². The third-order valence-corrected chi connectivity index (χ3v) is 2.16. The summed E-state index contributed by atoms with van der Waals surface area (Å²) < 4.78 is 0. The van der Waals surface area contributed by atoms with Gasteiger partial charge in [-0.1, -0.05) is 35.9 Å². The Labute approximate surface area is 89.4 Å². The average Bonchev–Trinajstić information content (AvgIpc) is 2.19. The van der Waals surface area contributed by atoms with Crippen molar-refractivity contribution in [3.8, 4) is 0 Å². The summed E-state index contributed by atoms with van der Waals surface area (Å²) in [6.07, 6.45) is 5.63. The number of allylic oxidation sites excluding steroid dienone is 1. The van der Waals surface area contributed by atoms with E-state index in [2.05, 4.69) is 0 Å². The van der Waals surface area contributed by atoms with Crippen molar-refractivity contribution in [3.63, 3.8) is 0 Å². The monoisotopic (exact) mass is 208 g/mol. The highest BCUT2D eigenvalue weighted by atomic mass is 35.5. The van der Waals surface area contributed by atoms with E-state index in [1.54, 1.807) is 0 Å². The van der Waals surface area contributed by atoms with Crippen LogP contribution >= 0.6 is 11.6 Å². The van der Waals surface area contributed by atoms with Gasteiger partial charge in [-0.15, -0.1) is 11.6 Å². The lowest BCUT2D eigenvalue weighted by Gasteiger charge is -2.00. The minimum atomic E-state index is 0.610. The molecule has 0 spiro atoms. The molecule has 0 bridgehead atoms. The number of hydrogen-bond acceptors (Lipinski definition) is 1. The molecule has 0 aliphatic heterocycles. The molecule has 0 saturated heterocycles. The van der Waals surface area contributed by atoms with E-state index in [9.17, 15) is 4.79 Å². The number of alkyl halides is 1. The Morgan fingerprint density at radius 1 is 1.36 bits per heavy atom. The largest absolute Gasteiger partial charge is 0.298 e. The van der Waals surface area contributed by atoms with Gasteiger partial charge in [0.2, 0.25) is 0 Å². The van der Waals surface area contributed by atoms with E-state index in [1.165, 1.54) is 0 Å². The second-order valence-corrected chi connectivity index (χ2v) is 3.51. The molecule has 0 amide bonds. The maximum atomic E-state index is 10.7. The fourth-order valence-electron chi connectivity index (χ4n) is 1.22. The summed E-state index contributed by atoms with van der Waals surface area (Å²) in [6, 6.07) is 5.76. The van der Waals surface area contributed by atoms with Crippen LogP contribution < -0.4 is 0 Å². The molecule has 2 heteroatoms. The zero-order chi connectivity index (χ0) is 10.4. The fourth-order valence-corrected chi connectivity index (χ4v) is 1.35. The number of carbonyl (C=O) groups is 1. The smallest absolute Gasteiger partial charge is 0.150 e. The van der Waals surface area contributed by atoms with Crippen LogP contribution in [0.2, 0.25) is 0 Å². The topological polar surface area (TPSA) is 17.1 Å². The van der Waals surface area contributed by atoms with Crippen LogP contribution in [0.1, 0.15) is 27.9 Å². The summed E-state index contributed by atoms with van der Waals surface area (Å²) in [4.78, 5) is 10.7. The molecule has 0 heterocycles. The van der Waals surface area contributed by atoms with Gasteiger partial charge in [0.05, 0.1) is 0 Å². The van der Waals surface area contributed by atoms with E-state index < -0.39 is 0 Å². The van der Waals surface area contributed by atoms with Gasteiger partial charge in [0.15, 0.2) is 6.29 Å². The van der Waals surface area contributed by atoms with E-state index in [0.717, 1.165) is 29.4 Å². The van der Waals surface area contributed by atoms with Gasteiger partial charge < -0.3 is 0 Å². The zero-order valence-electron chi connectivity index (χ0n) is 8.16. The lowest BCUT2D eigenvalue weighted by atomic mass is 10.0. The van der Waals surface area contributed by atoms with Crippen LogP contribution in [0.25, 0.3) is 6.08 Å². The molecule has 0 N–H and O–H groups in total. The molecular formula is C12H13ClO. The van der Waals surface area contributed by atoms with Gasteiger partial charge in [-0.05, 0) is 18.9 Å². The summed E-state index contributed by atoms with van der Waals surface area (Å²) in [6.45, 7) is 2.01. The van der Waals surface area contributed by atoms with Gasteiger partial charge in [0, 0.05) is 11.4 Å². The standard InChI is InChI=1S/C12H13ClO/c1-10-5-6-12(9-14)11(8-10)4-2-3-7-13/h2,4-6,8-9H,3,7H2,1H3. The summed E-state index contributed by atoms with van der Waals surface area (Å²) in [5, 5.41) is 0. The van der Waals surface area contributed by atoms with Crippen molar-refractivity contribution in [2.24, 2.45) is 0 Å². The van der Waals surface area contributed by atoms with E-state index in [-0.39, 0.29) is 0 Å². The third kappa shape index (κ3) is 3.00. The number of hydrogen-bond donors (Lipinski definition) is 0. The van der Waals surface area contributed by atoms with Gasteiger partial charge >= 0.3 is 0 Å². The van der Waals surface area contributed by atoms with Gasteiger partial charge in [0.25, 0.3) is 0 Å². The summed E-state index contributed by atoms with van der Waals surface area (Å²) in [5.41, 5.74) is 2.84. The van der Waals surface area contributed by atoms with E-state index in [4.69, 9.17) is 11.6 Å². The number of aryl methyl sites for hydroxylation is 1. The molecule has 1 nitrogen and oxygen atoms in total. The first-order valence-corrected chi connectivity index (χ1v) is 5.09. The number of halogens is 1. The minimum absolute atomic E-state index is 0.610. The highest BCUT2D eigenvalue weighted by molar-refractivity contribution is 6.17. The zero-order valence-corrected chi connectivity index (χ0v) is 8.92. The molecule has 0 saturated carbocycles. The Balaban J connectivity index is 2.92. The van der Waals surface area contributed by atoms with Crippen LogP contribution in [0.4, 0.5) is 0 Å². The van der Waals surface area contributed by atoms with E-state index in [0.29, 0.717) is 5.88 Å². The lowest BCUT2D eigenvalue weighted by molar-refractivity contribution is 0.112. The minimum Gasteiger partial charge on any atom is -0.298 e. The quantitative estimate of drug-likeness (QED) is 0.547. The van der Waals surface area contributed by atoms with Crippen LogP contribution in [0, 0.1) is 6.92 Å². The maximum Gasteiger partial charge on any atom is 0.150 e. The van der Waals surface area contributed by atoms with Crippen molar-refractivity contribution in [3.05, 3.63) is 41.0 Å². The molecule has 14 heavy (non-hydrogen) atoms. The molecule has 0 fully saturated rings. The third-order valence-electron chi connectivity index (χ3n) is 1.94. The Bertz CT molecular complexity index is 342.